The summed E-state index contributed by atoms with van der Waals surface area (Å²) < 4.78 is 39.3. The molecule has 1 rings (SSSR count). The Morgan fingerprint density at radius 3 is 2.47 bits per heavy atom. The second kappa shape index (κ2) is 5.27. The van der Waals surface area contributed by atoms with Crippen molar-refractivity contribution in [2.75, 3.05) is 7.05 Å². The van der Waals surface area contributed by atoms with E-state index in [1.54, 1.807) is 19.9 Å². The smallest absolute Gasteiger partial charge is 0.207 e. The highest BCUT2D eigenvalue weighted by atomic mass is 32.2. The minimum Gasteiger partial charge on any atom is -0.207 e. The summed E-state index contributed by atoms with van der Waals surface area (Å²) in [5.41, 5.74) is -0.830. The number of benzene rings is 1. The van der Waals surface area contributed by atoms with Gasteiger partial charge in [-0.25, -0.2) is 12.8 Å². The van der Waals surface area contributed by atoms with Gasteiger partial charge >= 0.3 is 0 Å². The molecule has 6 heteroatoms. The Balaban J connectivity index is 3.33. The first-order valence-electron chi connectivity index (χ1n) is 5.85. The Hall–Kier alpha value is -1.45. The van der Waals surface area contributed by atoms with Gasteiger partial charge in [-0.3, -0.25) is 0 Å². The Bertz CT molecular complexity index is 618. The third-order valence-electron chi connectivity index (χ3n) is 3.43. The van der Waals surface area contributed by atoms with Gasteiger partial charge in [-0.05, 0) is 38.5 Å². The highest BCUT2D eigenvalue weighted by Gasteiger charge is 2.32. The topological polar surface area (TPSA) is 61.2 Å². The van der Waals surface area contributed by atoms with Crippen LogP contribution in [0, 0.1) is 17.1 Å². The number of hydrogen-bond donors (Lipinski definition) is 0. The van der Waals surface area contributed by atoms with Crippen LogP contribution < -0.4 is 0 Å². The predicted octanol–water partition coefficient (Wildman–Crippen LogP) is 2.51. The first-order chi connectivity index (χ1) is 8.66. The molecule has 0 aliphatic carbocycles. The molecule has 0 saturated carbocycles. The normalized spacial score (nSPS) is 12.5. The lowest BCUT2D eigenvalue weighted by molar-refractivity contribution is 0.257. The second-order valence-electron chi connectivity index (χ2n) is 4.89. The summed E-state index contributed by atoms with van der Waals surface area (Å²) in [6, 6.07) is 4.88. The fourth-order valence-electron chi connectivity index (χ4n) is 1.46. The average molecular weight is 284 g/mol. The molecule has 0 aliphatic rings. The number of nitriles is 1. The van der Waals surface area contributed by atoms with E-state index in [-0.39, 0.29) is 10.5 Å². The van der Waals surface area contributed by atoms with Crippen molar-refractivity contribution in [2.24, 2.45) is 0 Å². The third-order valence-corrected chi connectivity index (χ3v) is 5.50. The maximum Gasteiger partial charge on any atom is 0.243 e. The summed E-state index contributed by atoms with van der Waals surface area (Å²) in [5, 5.41) is 8.75. The quantitative estimate of drug-likeness (QED) is 0.853. The molecule has 0 amide bonds. The Kier molecular flexibility index (Phi) is 4.33. The summed E-state index contributed by atoms with van der Waals surface area (Å²) in [6.45, 7) is 5.50. The lowest BCUT2D eigenvalue weighted by atomic mass is 10.0. The average Bonchev–Trinajstić information content (AvgIpc) is 2.38. The molecule has 0 heterocycles. The van der Waals surface area contributed by atoms with Gasteiger partial charge in [0, 0.05) is 12.6 Å². The first-order valence-corrected chi connectivity index (χ1v) is 7.29. The van der Waals surface area contributed by atoms with Crippen LogP contribution >= 0.6 is 0 Å². The van der Waals surface area contributed by atoms with Crippen molar-refractivity contribution in [1.82, 2.24) is 4.31 Å². The van der Waals surface area contributed by atoms with Crippen LogP contribution in [0.5, 0.6) is 0 Å². The van der Waals surface area contributed by atoms with Crippen LogP contribution in [0.3, 0.4) is 0 Å². The van der Waals surface area contributed by atoms with Gasteiger partial charge in [0.25, 0.3) is 0 Å². The SMILES string of the molecule is CCC(C)(C)N(C)S(=O)(=O)c1ccc(F)c(C#N)c1. The maximum absolute atomic E-state index is 13.2. The fraction of sp³-hybridized carbons (Fsp3) is 0.462. The van der Waals surface area contributed by atoms with Gasteiger partial charge in [0.05, 0.1) is 10.5 Å². The monoisotopic (exact) mass is 284 g/mol. The molecule has 0 radical (unpaired) electrons. The van der Waals surface area contributed by atoms with Crippen molar-refractivity contribution >= 4 is 10.0 Å². The second-order valence-corrected chi connectivity index (χ2v) is 6.86. The lowest BCUT2D eigenvalue weighted by Crippen LogP contribution is -2.44. The molecule has 1 aromatic rings. The van der Waals surface area contributed by atoms with E-state index in [2.05, 4.69) is 0 Å². The van der Waals surface area contributed by atoms with Gasteiger partial charge in [0.2, 0.25) is 10.0 Å². The van der Waals surface area contributed by atoms with Gasteiger partial charge in [-0.2, -0.15) is 9.57 Å². The molecule has 4 nitrogen and oxygen atoms in total. The van der Waals surface area contributed by atoms with Gasteiger partial charge < -0.3 is 0 Å². The lowest BCUT2D eigenvalue weighted by Gasteiger charge is -2.33. The summed E-state index contributed by atoms with van der Waals surface area (Å²) in [4.78, 5) is -0.0746. The predicted molar refractivity (Wildman–Crippen MR) is 70.4 cm³/mol. The number of rotatable bonds is 4. The van der Waals surface area contributed by atoms with E-state index >= 15 is 0 Å². The van der Waals surface area contributed by atoms with E-state index in [4.69, 9.17) is 5.26 Å². The fourth-order valence-corrected chi connectivity index (χ4v) is 3.06. The highest BCUT2D eigenvalue weighted by molar-refractivity contribution is 7.89. The third kappa shape index (κ3) is 2.94. The van der Waals surface area contributed by atoms with Crippen LogP contribution in [-0.2, 0) is 10.0 Å². The molecule has 0 fully saturated rings. The Morgan fingerprint density at radius 2 is 2.00 bits per heavy atom. The molecular weight excluding hydrogens is 267 g/mol. The Labute approximate surface area is 113 Å². The zero-order valence-corrected chi connectivity index (χ0v) is 12.3. The number of hydrogen-bond acceptors (Lipinski definition) is 3. The van der Waals surface area contributed by atoms with Crippen molar-refractivity contribution in [3.63, 3.8) is 0 Å². The minimum atomic E-state index is -3.74. The number of sulfonamides is 1. The molecule has 0 atom stereocenters. The zero-order chi connectivity index (χ0) is 14.8. The van der Waals surface area contributed by atoms with Gasteiger partial charge in [0.1, 0.15) is 11.9 Å². The molecule has 1 aromatic carbocycles. The van der Waals surface area contributed by atoms with Gasteiger partial charge in [0.15, 0.2) is 0 Å². The van der Waals surface area contributed by atoms with Crippen LogP contribution in [0.25, 0.3) is 0 Å². The van der Waals surface area contributed by atoms with Crippen molar-refractivity contribution in [3.8, 4) is 6.07 Å². The molecule has 0 spiro atoms. The van der Waals surface area contributed by atoms with E-state index in [1.807, 2.05) is 6.92 Å². The Morgan fingerprint density at radius 1 is 1.42 bits per heavy atom. The van der Waals surface area contributed by atoms with E-state index in [9.17, 15) is 12.8 Å². The van der Waals surface area contributed by atoms with Crippen molar-refractivity contribution in [1.29, 1.82) is 5.26 Å². The van der Waals surface area contributed by atoms with E-state index < -0.39 is 21.4 Å². The molecule has 0 aliphatic heterocycles. The molecule has 0 N–H and O–H groups in total. The van der Waals surface area contributed by atoms with Crippen LogP contribution in [-0.4, -0.2) is 25.3 Å². The standard InChI is InChI=1S/C13H17FN2O2S/c1-5-13(2,3)16(4)19(17,18)11-6-7-12(14)10(8-11)9-15/h6-8H,5H2,1-4H3. The number of halogens is 1. The van der Waals surface area contributed by atoms with Crippen LogP contribution in [0.1, 0.15) is 32.8 Å². The van der Waals surface area contributed by atoms with Gasteiger partial charge in [-0.15, -0.1) is 0 Å². The first kappa shape index (κ1) is 15.6. The summed E-state index contributed by atoms with van der Waals surface area (Å²) in [6.07, 6.45) is 0.634. The molecule has 0 unspecified atom stereocenters. The largest absolute Gasteiger partial charge is 0.243 e. The van der Waals surface area contributed by atoms with Crippen LogP contribution in [0.4, 0.5) is 4.39 Å². The van der Waals surface area contributed by atoms with E-state index in [1.165, 1.54) is 17.4 Å². The zero-order valence-electron chi connectivity index (χ0n) is 11.4. The molecular formula is C13H17FN2O2S. The summed E-state index contributed by atoms with van der Waals surface area (Å²) in [5.74, 6) is -0.723. The minimum absolute atomic E-state index is 0.0746. The number of nitrogens with zero attached hydrogens (tertiary/aromatic N) is 2. The van der Waals surface area contributed by atoms with Crippen molar-refractivity contribution in [2.45, 2.75) is 37.6 Å². The van der Waals surface area contributed by atoms with E-state index in [0.717, 1.165) is 12.1 Å². The van der Waals surface area contributed by atoms with Gasteiger partial charge in [-0.1, -0.05) is 6.92 Å². The summed E-state index contributed by atoms with van der Waals surface area (Å²) in [7, 11) is -2.26. The van der Waals surface area contributed by atoms with Crippen LogP contribution in [0.2, 0.25) is 0 Å². The molecule has 0 aromatic heterocycles. The molecule has 104 valence electrons. The molecule has 0 bridgehead atoms. The van der Waals surface area contributed by atoms with E-state index in [0.29, 0.717) is 6.42 Å². The van der Waals surface area contributed by atoms with Crippen molar-refractivity contribution in [3.05, 3.63) is 29.6 Å². The van der Waals surface area contributed by atoms with Crippen LogP contribution in [0.15, 0.2) is 23.1 Å². The highest BCUT2D eigenvalue weighted by Crippen LogP contribution is 2.26. The maximum atomic E-state index is 13.2. The molecule has 19 heavy (non-hydrogen) atoms. The molecule has 0 saturated heterocycles. The van der Waals surface area contributed by atoms with Crippen molar-refractivity contribution < 1.29 is 12.8 Å². The summed E-state index contributed by atoms with van der Waals surface area (Å²) >= 11 is 0.